The van der Waals surface area contributed by atoms with Crippen molar-refractivity contribution < 1.29 is 14.1 Å². The predicted molar refractivity (Wildman–Crippen MR) is 90.7 cm³/mol. The summed E-state index contributed by atoms with van der Waals surface area (Å²) in [6, 6.07) is 8.69. The van der Waals surface area contributed by atoms with E-state index in [-0.39, 0.29) is 24.3 Å². The van der Waals surface area contributed by atoms with Crippen LogP contribution >= 0.6 is 0 Å². The van der Waals surface area contributed by atoms with Crippen LogP contribution in [0.5, 0.6) is 0 Å². The van der Waals surface area contributed by atoms with E-state index >= 15 is 0 Å². The maximum Gasteiger partial charge on any atom is 0.253 e. The maximum atomic E-state index is 12.5. The Morgan fingerprint density at radius 3 is 2.81 bits per heavy atom. The minimum atomic E-state index is -0.145. The Kier molecular flexibility index (Phi) is 5.27. The number of hydrogen-bond acceptors (Lipinski definition) is 6. The molecule has 2 aromatic rings. The van der Waals surface area contributed by atoms with Crippen molar-refractivity contribution in [1.82, 2.24) is 20.4 Å². The van der Waals surface area contributed by atoms with E-state index in [4.69, 9.17) is 9.78 Å². The molecule has 0 spiro atoms. The number of benzene rings is 1. The number of carbonyl (C=O) groups excluding carboxylic acids is 2. The van der Waals surface area contributed by atoms with Gasteiger partial charge in [0.25, 0.3) is 5.91 Å². The number of rotatable bonds is 4. The van der Waals surface area contributed by atoms with E-state index in [2.05, 4.69) is 15.5 Å². The first-order chi connectivity index (χ1) is 12.6. The molecule has 0 saturated carbocycles. The summed E-state index contributed by atoms with van der Waals surface area (Å²) in [7, 11) is 0. The van der Waals surface area contributed by atoms with E-state index in [0.29, 0.717) is 48.8 Å². The summed E-state index contributed by atoms with van der Waals surface area (Å²) >= 11 is 0. The van der Waals surface area contributed by atoms with Crippen molar-refractivity contribution in [2.24, 2.45) is 5.92 Å². The Hall–Kier alpha value is -3.21. The first-order valence-electron chi connectivity index (χ1n) is 8.43. The number of nitriles is 1. The minimum absolute atomic E-state index is 0.0700. The molecule has 1 aromatic carbocycles. The highest BCUT2D eigenvalue weighted by Gasteiger charge is 2.28. The highest BCUT2D eigenvalue weighted by Crippen LogP contribution is 2.20. The van der Waals surface area contributed by atoms with Crippen LogP contribution in [-0.2, 0) is 11.3 Å². The summed E-state index contributed by atoms with van der Waals surface area (Å²) in [5.41, 5.74) is 0.958. The van der Waals surface area contributed by atoms with Crippen molar-refractivity contribution in [2.75, 3.05) is 13.1 Å². The van der Waals surface area contributed by atoms with Gasteiger partial charge in [0, 0.05) is 24.6 Å². The molecule has 0 radical (unpaired) electrons. The van der Waals surface area contributed by atoms with E-state index < -0.39 is 0 Å². The zero-order valence-corrected chi connectivity index (χ0v) is 14.4. The van der Waals surface area contributed by atoms with Crippen LogP contribution in [0.25, 0.3) is 0 Å². The van der Waals surface area contributed by atoms with E-state index in [1.54, 1.807) is 36.1 Å². The van der Waals surface area contributed by atoms with Crippen LogP contribution < -0.4 is 5.32 Å². The molecule has 1 saturated heterocycles. The largest absolute Gasteiger partial charge is 0.347 e. The average molecular weight is 353 g/mol. The standard InChI is InChI=1S/C18H19N5O3/c1-12-21-16(26-22-12)11-20-17(24)14-5-7-23(8-6-14)18(25)15-4-2-3-13(9-15)10-19/h2-4,9,14H,5-8,11H2,1H3,(H,20,24). The summed E-state index contributed by atoms with van der Waals surface area (Å²) in [4.78, 5) is 30.6. The topological polar surface area (TPSA) is 112 Å². The zero-order chi connectivity index (χ0) is 18.5. The van der Waals surface area contributed by atoms with Gasteiger partial charge in [-0.05, 0) is 38.0 Å². The summed E-state index contributed by atoms with van der Waals surface area (Å²) in [6.45, 7) is 2.94. The molecule has 26 heavy (non-hydrogen) atoms. The summed E-state index contributed by atoms with van der Waals surface area (Å²) < 4.78 is 4.97. The second-order valence-electron chi connectivity index (χ2n) is 6.21. The third kappa shape index (κ3) is 4.06. The second-order valence-corrected chi connectivity index (χ2v) is 6.21. The maximum absolute atomic E-state index is 12.5. The van der Waals surface area contributed by atoms with Gasteiger partial charge in [-0.15, -0.1) is 0 Å². The number of hydrogen-bond donors (Lipinski definition) is 1. The molecule has 2 heterocycles. The van der Waals surface area contributed by atoms with Gasteiger partial charge in [-0.2, -0.15) is 10.2 Å². The molecule has 0 bridgehead atoms. The van der Waals surface area contributed by atoms with Gasteiger partial charge in [0.2, 0.25) is 11.8 Å². The van der Waals surface area contributed by atoms with Crippen LogP contribution in [0, 0.1) is 24.2 Å². The molecular formula is C18H19N5O3. The fraction of sp³-hybridized carbons (Fsp3) is 0.389. The number of aryl methyl sites for hydroxylation is 1. The smallest absolute Gasteiger partial charge is 0.253 e. The van der Waals surface area contributed by atoms with Gasteiger partial charge in [0.1, 0.15) is 0 Å². The van der Waals surface area contributed by atoms with Gasteiger partial charge < -0.3 is 14.7 Å². The quantitative estimate of drug-likeness (QED) is 0.889. The molecular weight excluding hydrogens is 334 g/mol. The zero-order valence-electron chi connectivity index (χ0n) is 14.4. The van der Waals surface area contributed by atoms with Gasteiger partial charge in [-0.25, -0.2) is 0 Å². The Morgan fingerprint density at radius 2 is 2.15 bits per heavy atom. The summed E-state index contributed by atoms with van der Waals surface area (Å²) in [6.07, 6.45) is 1.19. The summed E-state index contributed by atoms with van der Waals surface area (Å²) in [5, 5.41) is 15.4. The van der Waals surface area contributed by atoms with Gasteiger partial charge in [-0.1, -0.05) is 11.2 Å². The Balaban J connectivity index is 1.51. The Labute approximate surface area is 150 Å². The number of aromatic nitrogens is 2. The van der Waals surface area contributed by atoms with Crippen molar-refractivity contribution in [3.8, 4) is 6.07 Å². The van der Waals surface area contributed by atoms with Gasteiger partial charge in [0.15, 0.2) is 5.82 Å². The monoisotopic (exact) mass is 353 g/mol. The lowest BCUT2D eigenvalue weighted by molar-refractivity contribution is -0.126. The van der Waals surface area contributed by atoms with E-state index in [1.807, 2.05) is 6.07 Å². The molecule has 2 amide bonds. The van der Waals surface area contributed by atoms with Crippen LogP contribution in [0.2, 0.25) is 0 Å². The first-order valence-corrected chi connectivity index (χ1v) is 8.43. The van der Waals surface area contributed by atoms with Gasteiger partial charge in [-0.3, -0.25) is 9.59 Å². The normalized spacial score (nSPS) is 14.7. The molecule has 1 aliphatic heterocycles. The van der Waals surface area contributed by atoms with Gasteiger partial charge in [0.05, 0.1) is 18.2 Å². The van der Waals surface area contributed by atoms with Crippen molar-refractivity contribution in [3.05, 3.63) is 47.1 Å². The minimum Gasteiger partial charge on any atom is -0.347 e. The van der Waals surface area contributed by atoms with Crippen LogP contribution in [0.4, 0.5) is 0 Å². The Bertz CT molecular complexity index is 847. The third-order valence-corrected chi connectivity index (χ3v) is 4.38. The summed E-state index contributed by atoms with van der Waals surface area (Å²) in [5.74, 6) is 0.581. The second kappa shape index (κ2) is 7.78. The predicted octanol–water partition coefficient (Wildman–Crippen LogP) is 1.42. The van der Waals surface area contributed by atoms with Crippen molar-refractivity contribution in [1.29, 1.82) is 5.26 Å². The Morgan fingerprint density at radius 1 is 1.38 bits per heavy atom. The SMILES string of the molecule is Cc1noc(CNC(=O)C2CCN(C(=O)c3cccc(C#N)c3)CC2)n1. The molecule has 1 N–H and O–H groups in total. The number of piperidine rings is 1. The van der Waals surface area contributed by atoms with Crippen molar-refractivity contribution in [3.63, 3.8) is 0 Å². The molecule has 1 aliphatic rings. The fourth-order valence-electron chi connectivity index (χ4n) is 2.97. The number of nitrogens with one attached hydrogen (secondary N) is 1. The molecule has 0 aliphatic carbocycles. The van der Waals surface area contributed by atoms with Crippen LogP contribution in [0.3, 0.4) is 0 Å². The molecule has 0 atom stereocenters. The van der Waals surface area contributed by atoms with E-state index in [9.17, 15) is 9.59 Å². The van der Waals surface area contributed by atoms with Crippen molar-refractivity contribution >= 4 is 11.8 Å². The lowest BCUT2D eigenvalue weighted by Crippen LogP contribution is -2.43. The molecule has 8 nitrogen and oxygen atoms in total. The molecule has 0 unspecified atom stereocenters. The number of amides is 2. The number of likely N-dealkylation sites (tertiary alicyclic amines) is 1. The van der Waals surface area contributed by atoms with Crippen LogP contribution in [0.1, 0.15) is 40.5 Å². The first kappa shape index (κ1) is 17.6. The van der Waals surface area contributed by atoms with Crippen LogP contribution in [-0.4, -0.2) is 39.9 Å². The van der Waals surface area contributed by atoms with Crippen LogP contribution in [0.15, 0.2) is 28.8 Å². The highest BCUT2D eigenvalue weighted by atomic mass is 16.5. The van der Waals surface area contributed by atoms with Crippen molar-refractivity contribution in [2.45, 2.75) is 26.3 Å². The molecule has 134 valence electrons. The van der Waals surface area contributed by atoms with Gasteiger partial charge >= 0.3 is 0 Å². The van der Waals surface area contributed by atoms with E-state index in [1.165, 1.54) is 0 Å². The third-order valence-electron chi connectivity index (χ3n) is 4.38. The number of carbonyl (C=O) groups is 2. The van der Waals surface area contributed by atoms with E-state index in [0.717, 1.165) is 0 Å². The fourth-order valence-corrected chi connectivity index (χ4v) is 2.97. The molecule has 1 aromatic heterocycles. The average Bonchev–Trinajstić information content (AvgIpc) is 3.11. The lowest BCUT2D eigenvalue weighted by atomic mass is 9.95. The lowest BCUT2D eigenvalue weighted by Gasteiger charge is -2.31. The molecule has 1 fully saturated rings. The highest BCUT2D eigenvalue weighted by molar-refractivity contribution is 5.94. The number of nitrogens with zero attached hydrogens (tertiary/aromatic N) is 4. The molecule has 3 rings (SSSR count). The molecule has 8 heteroatoms.